The van der Waals surface area contributed by atoms with E-state index in [4.69, 9.17) is 9.47 Å². The van der Waals surface area contributed by atoms with Gasteiger partial charge in [0.2, 0.25) is 0 Å². The minimum atomic E-state index is -0.571. The van der Waals surface area contributed by atoms with Gasteiger partial charge in [-0.3, -0.25) is 0 Å². The summed E-state index contributed by atoms with van der Waals surface area (Å²) < 4.78 is 11.9. The van der Waals surface area contributed by atoms with Gasteiger partial charge in [-0.1, -0.05) is 18.2 Å². The SMILES string of the molecule is COc1ccc(C)c2c1O[C@H]1[C@@H](O)C=CC3C(C)N(C)CC[C@@]231. The standard InChI is InChI=1S/C19H25NO3/c1-11-5-8-15(22-4)17-16(11)19-9-10-20(3)12(2)13(19)6-7-14(21)18(19)23-17/h5-8,12-14,18,21H,9-10H2,1-4H3/t12?,13?,14-,18-,19-/m0/s1. The summed E-state index contributed by atoms with van der Waals surface area (Å²) in [6.07, 6.45) is 4.32. The van der Waals surface area contributed by atoms with E-state index in [1.807, 2.05) is 12.1 Å². The molecule has 2 aliphatic heterocycles. The normalized spacial score (nSPS) is 38.5. The molecule has 0 saturated carbocycles. The molecule has 4 heteroatoms. The number of rotatable bonds is 1. The van der Waals surface area contributed by atoms with Crippen molar-refractivity contribution >= 4 is 0 Å². The molecule has 2 heterocycles. The number of methoxy groups -OCH3 is 1. The molecule has 0 radical (unpaired) electrons. The minimum Gasteiger partial charge on any atom is -0.493 e. The zero-order valence-electron chi connectivity index (χ0n) is 14.2. The molecule has 1 spiro atoms. The van der Waals surface area contributed by atoms with Crippen molar-refractivity contribution in [2.24, 2.45) is 5.92 Å². The van der Waals surface area contributed by atoms with E-state index in [1.54, 1.807) is 7.11 Å². The summed E-state index contributed by atoms with van der Waals surface area (Å²) in [7, 11) is 3.86. The molecule has 5 atom stereocenters. The van der Waals surface area contributed by atoms with Crippen LogP contribution in [0.1, 0.15) is 24.5 Å². The number of hydrogen-bond acceptors (Lipinski definition) is 4. The van der Waals surface area contributed by atoms with Gasteiger partial charge in [-0.15, -0.1) is 0 Å². The van der Waals surface area contributed by atoms with Crippen molar-refractivity contribution in [1.82, 2.24) is 4.90 Å². The van der Waals surface area contributed by atoms with Gasteiger partial charge in [0.05, 0.1) is 7.11 Å². The minimum absolute atomic E-state index is 0.159. The lowest BCUT2D eigenvalue weighted by molar-refractivity contribution is -0.0369. The van der Waals surface area contributed by atoms with E-state index < -0.39 is 6.10 Å². The maximum absolute atomic E-state index is 10.6. The Kier molecular flexibility index (Phi) is 3.26. The maximum Gasteiger partial charge on any atom is 0.165 e. The van der Waals surface area contributed by atoms with Gasteiger partial charge in [0.15, 0.2) is 11.5 Å². The average molecular weight is 315 g/mol. The number of benzene rings is 1. The van der Waals surface area contributed by atoms with Crippen LogP contribution < -0.4 is 9.47 Å². The number of nitrogens with zero attached hydrogens (tertiary/aromatic N) is 1. The first kappa shape index (κ1) is 15.0. The van der Waals surface area contributed by atoms with E-state index >= 15 is 0 Å². The van der Waals surface area contributed by atoms with Crippen LogP contribution in [0, 0.1) is 12.8 Å². The number of piperidine rings is 1. The summed E-state index contributed by atoms with van der Waals surface area (Å²) in [6.45, 7) is 5.43. The Morgan fingerprint density at radius 1 is 1.35 bits per heavy atom. The van der Waals surface area contributed by atoms with Crippen molar-refractivity contribution < 1.29 is 14.6 Å². The molecule has 0 bridgehead atoms. The summed E-state index contributed by atoms with van der Waals surface area (Å²) in [5.41, 5.74) is 2.32. The van der Waals surface area contributed by atoms with Crippen molar-refractivity contribution in [3.05, 3.63) is 35.4 Å². The van der Waals surface area contributed by atoms with Gasteiger partial charge in [-0.25, -0.2) is 0 Å². The van der Waals surface area contributed by atoms with Crippen LogP contribution in [0.5, 0.6) is 11.5 Å². The Morgan fingerprint density at radius 3 is 2.87 bits per heavy atom. The Labute approximate surface area is 137 Å². The highest BCUT2D eigenvalue weighted by atomic mass is 16.5. The molecule has 1 aromatic carbocycles. The fraction of sp³-hybridized carbons (Fsp3) is 0.579. The Balaban J connectivity index is 1.97. The Bertz CT molecular complexity index is 671. The van der Waals surface area contributed by atoms with Crippen molar-refractivity contribution in [2.45, 2.75) is 43.9 Å². The summed E-state index contributed by atoms with van der Waals surface area (Å²) in [5, 5.41) is 10.6. The highest BCUT2D eigenvalue weighted by Gasteiger charge is 2.61. The lowest BCUT2D eigenvalue weighted by atomic mass is 9.57. The predicted molar refractivity (Wildman–Crippen MR) is 89.2 cm³/mol. The third-order valence-electron chi connectivity index (χ3n) is 6.28. The van der Waals surface area contributed by atoms with E-state index in [0.717, 1.165) is 24.5 Å². The predicted octanol–water partition coefficient (Wildman–Crippen LogP) is 2.27. The molecule has 4 rings (SSSR count). The fourth-order valence-electron chi connectivity index (χ4n) is 4.99. The summed E-state index contributed by atoms with van der Waals surface area (Å²) in [4.78, 5) is 2.41. The molecule has 4 nitrogen and oxygen atoms in total. The summed E-state index contributed by atoms with van der Waals surface area (Å²) in [5.74, 6) is 1.94. The van der Waals surface area contributed by atoms with Gasteiger partial charge in [-0.05, 0) is 45.5 Å². The molecule has 1 saturated heterocycles. The van der Waals surface area contributed by atoms with E-state index in [2.05, 4.69) is 37.9 Å². The molecule has 124 valence electrons. The molecular weight excluding hydrogens is 290 g/mol. The number of aliphatic hydroxyl groups is 1. The van der Waals surface area contributed by atoms with Crippen LogP contribution in [0.15, 0.2) is 24.3 Å². The third kappa shape index (κ3) is 1.79. The van der Waals surface area contributed by atoms with Crippen LogP contribution in [0.25, 0.3) is 0 Å². The van der Waals surface area contributed by atoms with Crippen molar-refractivity contribution in [2.75, 3.05) is 20.7 Å². The van der Waals surface area contributed by atoms with E-state index in [0.29, 0.717) is 12.0 Å². The molecule has 1 aliphatic carbocycles. The Hall–Kier alpha value is -1.52. The molecular formula is C19H25NO3. The van der Waals surface area contributed by atoms with Crippen molar-refractivity contribution in [3.63, 3.8) is 0 Å². The second kappa shape index (κ2) is 4.99. The van der Waals surface area contributed by atoms with Gasteiger partial charge < -0.3 is 19.5 Å². The maximum atomic E-state index is 10.6. The number of ether oxygens (including phenoxy) is 2. The van der Waals surface area contributed by atoms with Crippen LogP contribution >= 0.6 is 0 Å². The van der Waals surface area contributed by atoms with Gasteiger partial charge in [0.1, 0.15) is 12.2 Å². The monoisotopic (exact) mass is 315 g/mol. The first-order valence-electron chi connectivity index (χ1n) is 8.42. The molecule has 23 heavy (non-hydrogen) atoms. The molecule has 1 fully saturated rings. The topological polar surface area (TPSA) is 41.9 Å². The number of hydrogen-bond donors (Lipinski definition) is 1. The Morgan fingerprint density at radius 2 is 2.13 bits per heavy atom. The van der Waals surface area contributed by atoms with Crippen LogP contribution in [0.2, 0.25) is 0 Å². The number of aliphatic hydroxyl groups excluding tert-OH is 1. The van der Waals surface area contributed by atoms with E-state index in [9.17, 15) is 5.11 Å². The molecule has 2 unspecified atom stereocenters. The van der Waals surface area contributed by atoms with Crippen LogP contribution in [-0.2, 0) is 5.41 Å². The van der Waals surface area contributed by atoms with Gasteiger partial charge >= 0.3 is 0 Å². The smallest absolute Gasteiger partial charge is 0.165 e. The molecule has 3 aliphatic rings. The first-order valence-corrected chi connectivity index (χ1v) is 8.42. The van der Waals surface area contributed by atoms with Crippen molar-refractivity contribution in [1.29, 1.82) is 0 Å². The number of aryl methyl sites for hydroxylation is 1. The largest absolute Gasteiger partial charge is 0.493 e. The zero-order chi connectivity index (χ0) is 16.4. The lowest BCUT2D eigenvalue weighted by Crippen LogP contribution is -2.61. The molecule has 1 N–H and O–H groups in total. The average Bonchev–Trinajstić information content (AvgIpc) is 2.89. The van der Waals surface area contributed by atoms with Gasteiger partial charge in [0.25, 0.3) is 0 Å². The fourth-order valence-corrected chi connectivity index (χ4v) is 4.99. The number of fused-ring (bicyclic) bond motifs is 1. The van der Waals surface area contributed by atoms with Crippen LogP contribution in [-0.4, -0.2) is 49.0 Å². The highest BCUT2D eigenvalue weighted by Crippen LogP contribution is 2.59. The van der Waals surface area contributed by atoms with Gasteiger partial charge in [-0.2, -0.15) is 0 Å². The van der Waals surface area contributed by atoms with Crippen LogP contribution in [0.3, 0.4) is 0 Å². The quantitative estimate of drug-likeness (QED) is 0.807. The van der Waals surface area contributed by atoms with Gasteiger partial charge in [0, 0.05) is 22.9 Å². The second-order valence-corrected chi connectivity index (χ2v) is 7.24. The molecule has 0 amide bonds. The molecule has 1 aromatic rings. The van der Waals surface area contributed by atoms with E-state index in [1.165, 1.54) is 11.1 Å². The van der Waals surface area contributed by atoms with Crippen molar-refractivity contribution in [3.8, 4) is 11.5 Å². The summed E-state index contributed by atoms with van der Waals surface area (Å²) in [6, 6.07) is 4.49. The molecule has 0 aromatic heterocycles. The van der Waals surface area contributed by atoms with Crippen LogP contribution in [0.4, 0.5) is 0 Å². The first-order chi connectivity index (χ1) is 11.0. The summed E-state index contributed by atoms with van der Waals surface area (Å²) >= 11 is 0. The lowest BCUT2D eigenvalue weighted by Gasteiger charge is -2.52. The third-order valence-corrected chi connectivity index (χ3v) is 6.28. The zero-order valence-corrected chi connectivity index (χ0v) is 14.2. The second-order valence-electron chi connectivity index (χ2n) is 7.24. The number of likely N-dealkylation sites (tertiary alicyclic amines) is 1. The highest BCUT2D eigenvalue weighted by molar-refractivity contribution is 5.60. The van der Waals surface area contributed by atoms with E-state index in [-0.39, 0.29) is 11.5 Å².